The summed E-state index contributed by atoms with van der Waals surface area (Å²) in [5, 5.41) is 10.5. The number of carbonyl (C=O) groups is 2. The van der Waals surface area contributed by atoms with Crippen LogP contribution in [0.15, 0.2) is 0 Å². The van der Waals surface area contributed by atoms with Gasteiger partial charge in [0.05, 0.1) is 17.8 Å². The summed E-state index contributed by atoms with van der Waals surface area (Å²) < 4.78 is 0. The number of hydrogen-bond donors (Lipinski definition) is 2. The summed E-state index contributed by atoms with van der Waals surface area (Å²) in [6.45, 7) is 1.75. The van der Waals surface area contributed by atoms with Crippen molar-refractivity contribution in [3.05, 3.63) is 0 Å². The molecule has 2 amide bonds. The zero-order valence-corrected chi connectivity index (χ0v) is 7.56. The number of rotatable bonds is 3. The van der Waals surface area contributed by atoms with Crippen LogP contribution in [0.4, 0.5) is 0 Å². The molecule has 0 aromatic heterocycles. The summed E-state index contributed by atoms with van der Waals surface area (Å²) in [5.41, 5.74) is 0. The van der Waals surface area contributed by atoms with Gasteiger partial charge in [-0.25, -0.2) is 0 Å². The van der Waals surface area contributed by atoms with Gasteiger partial charge in [0, 0.05) is 5.75 Å². The molecule has 0 aromatic carbocycles. The first-order valence-electron chi connectivity index (χ1n) is 3.74. The van der Waals surface area contributed by atoms with Crippen molar-refractivity contribution in [2.75, 3.05) is 12.4 Å². The SMILES string of the molecule is CC1C(=O)NC(=O)C1SCCO. The van der Waals surface area contributed by atoms with Crippen LogP contribution in [-0.2, 0) is 9.59 Å². The molecule has 0 saturated carbocycles. The molecule has 0 aromatic rings. The quantitative estimate of drug-likeness (QED) is 0.580. The lowest BCUT2D eigenvalue weighted by atomic mass is 10.1. The van der Waals surface area contributed by atoms with E-state index < -0.39 is 0 Å². The lowest BCUT2D eigenvalue weighted by molar-refractivity contribution is -0.125. The van der Waals surface area contributed by atoms with Gasteiger partial charge in [-0.2, -0.15) is 0 Å². The fourth-order valence-corrected chi connectivity index (χ4v) is 2.05. The second-order valence-corrected chi connectivity index (χ2v) is 3.91. The lowest BCUT2D eigenvalue weighted by Gasteiger charge is -2.08. The molecule has 0 spiro atoms. The van der Waals surface area contributed by atoms with Gasteiger partial charge in [-0.15, -0.1) is 11.8 Å². The molecular weight excluding hydrogens is 178 g/mol. The van der Waals surface area contributed by atoms with E-state index in [0.717, 1.165) is 0 Å². The number of hydrogen-bond acceptors (Lipinski definition) is 4. The summed E-state index contributed by atoms with van der Waals surface area (Å²) in [6.07, 6.45) is 0. The van der Waals surface area contributed by atoms with Crippen LogP contribution < -0.4 is 5.32 Å². The summed E-state index contributed by atoms with van der Waals surface area (Å²) in [7, 11) is 0. The minimum absolute atomic E-state index is 0.0371. The molecule has 1 saturated heterocycles. The fraction of sp³-hybridized carbons (Fsp3) is 0.714. The highest BCUT2D eigenvalue weighted by molar-refractivity contribution is 8.00. The third kappa shape index (κ3) is 1.78. The highest BCUT2D eigenvalue weighted by atomic mass is 32.2. The molecule has 2 N–H and O–H groups in total. The van der Waals surface area contributed by atoms with E-state index in [1.165, 1.54) is 11.8 Å². The predicted octanol–water partition coefficient (Wildman–Crippen LogP) is -0.627. The summed E-state index contributed by atoms with van der Waals surface area (Å²) >= 11 is 1.32. The molecule has 2 unspecified atom stereocenters. The van der Waals surface area contributed by atoms with Gasteiger partial charge >= 0.3 is 0 Å². The third-order valence-corrected chi connectivity index (χ3v) is 3.16. The van der Waals surface area contributed by atoms with E-state index in [1.54, 1.807) is 6.92 Å². The number of thioether (sulfide) groups is 1. The van der Waals surface area contributed by atoms with E-state index in [-0.39, 0.29) is 29.6 Å². The number of aliphatic hydroxyl groups is 1. The molecule has 1 rings (SSSR count). The van der Waals surface area contributed by atoms with Gasteiger partial charge in [0.25, 0.3) is 0 Å². The Balaban J connectivity index is 2.51. The topological polar surface area (TPSA) is 66.4 Å². The van der Waals surface area contributed by atoms with Crippen LogP contribution in [-0.4, -0.2) is 34.5 Å². The maximum Gasteiger partial charge on any atom is 0.240 e. The standard InChI is InChI=1S/C7H11NO3S/c1-4-5(12-3-2-9)7(11)8-6(4)10/h4-5,9H,2-3H2,1H3,(H,8,10,11). The van der Waals surface area contributed by atoms with Crippen molar-refractivity contribution in [2.45, 2.75) is 12.2 Å². The Morgan fingerprint density at radius 1 is 1.50 bits per heavy atom. The molecule has 1 fully saturated rings. The maximum atomic E-state index is 11.1. The summed E-state index contributed by atoms with van der Waals surface area (Å²) in [4.78, 5) is 22.0. The Labute approximate surface area is 74.7 Å². The van der Waals surface area contributed by atoms with Crippen molar-refractivity contribution in [2.24, 2.45) is 5.92 Å². The summed E-state index contributed by atoms with van der Waals surface area (Å²) in [5.74, 6) is -0.217. The highest BCUT2D eigenvalue weighted by Gasteiger charge is 2.38. The summed E-state index contributed by atoms with van der Waals surface area (Å²) in [6, 6.07) is 0. The Morgan fingerprint density at radius 2 is 2.17 bits per heavy atom. The molecule has 12 heavy (non-hydrogen) atoms. The second-order valence-electron chi connectivity index (χ2n) is 2.66. The van der Waals surface area contributed by atoms with E-state index in [9.17, 15) is 9.59 Å². The Kier molecular flexibility index (Phi) is 3.11. The first-order chi connectivity index (χ1) is 5.66. The zero-order valence-electron chi connectivity index (χ0n) is 6.74. The van der Waals surface area contributed by atoms with E-state index >= 15 is 0 Å². The van der Waals surface area contributed by atoms with Crippen molar-refractivity contribution in [1.29, 1.82) is 0 Å². The molecular formula is C7H11NO3S. The van der Waals surface area contributed by atoms with Gasteiger partial charge in [0.2, 0.25) is 11.8 Å². The molecule has 1 heterocycles. The molecule has 0 radical (unpaired) electrons. The molecule has 4 nitrogen and oxygen atoms in total. The number of imide groups is 1. The number of amides is 2. The third-order valence-electron chi connectivity index (χ3n) is 1.76. The van der Waals surface area contributed by atoms with Gasteiger partial charge in [-0.05, 0) is 0 Å². The van der Waals surface area contributed by atoms with E-state index in [0.29, 0.717) is 5.75 Å². The lowest BCUT2D eigenvalue weighted by Crippen LogP contribution is -2.23. The van der Waals surface area contributed by atoms with Crippen LogP contribution in [0.3, 0.4) is 0 Å². The van der Waals surface area contributed by atoms with Crippen molar-refractivity contribution in [1.82, 2.24) is 5.32 Å². The molecule has 1 aliphatic rings. The van der Waals surface area contributed by atoms with Crippen LogP contribution in [0.1, 0.15) is 6.92 Å². The molecule has 0 aliphatic carbocycles. The Hall–Kier alpha value is -0.550. The van der Waals surface area contributed by atoms with E-state index in [4.69, 9.17) is 5.11 Å². The van der Waals surface area contributed by atoms with Crippen LogP contribution in [0.2, 0.25) is 0 Å². The Bertz CT molecular complexity index is 207. The first kappa shape index (κ1) is 9.54. The van der Waals surface area contributed by atoms with Gasteiger partial charge in [-0.3, -0.25) is 14.9 Å². The molecule has 0 bridgehead atoms. The van der Waals surface area contributed by atoms with Gasteiger partial charge < -0.3 is 5.11 Å². The number of nitrogens with one attached hydrogen (secondary N) is 1. The van der Waals surface area contributed by atoms with Crippen LogP contribution in [0, 0.1) is 5.92 Å². The molecule has 2 atom stereocenters. The van der Waals surface area contributed by atoms with E-state index in [2.05, 4.69) is 5.32 Å². The second kappa shape index (κ2) is 3.91. The average molecular weight is 189 g/mol. The van der Waals surface area contributed by atoms with Crippen molar-refractivity contribution < 1.29 is 14.7 Å². The smallest absolute Gasteiger partial charge is 0.240 e. The monoisotopic (exact) mass is 189 g/mol. The minimum Gasteiger partial charge on any atom is -0.396 e. The van der Waals surface area contributed by atoms with Crippen LogP contribution in [0.25, 0.3) is 0 Å². The van der Waals surface area contributed by atoms with Crippen LogP contribution >= 0.6 is 11.8 Å². The normalized spacial score (nSPS) is 29.2. The van der Waals surface area contributed by atoms with Crippen molar-refractivity contribution in [3.63, 3.8) is 0 Å². The Morgan fingerprint density at radius 3 is 2.58 bits per heavy atom. The molecule has 5 heteroatoms. The van der Waals surface area contributed by atoms with Crippen LogP contribution in [0.5, 0.6) is 0 Å². The largest absolute Gasteiger partial charge is 0.396 e. The van der Waals surface area contributed by atoms with Gasteiger partial charge in [-0.1, -0.05) is 6.92 Å². The van der Waals surface area contributed by atoms with Crippen molar-refractivity contribution in [3.8, 4) is 0 Å². The molecule has 1 aliphatic heterocycles. The minimum atomic E-state index is -0.315. The van der Waals surface area contributed by atoms with Crippen molar-refractivity contribution >= 4 is 23.6 Å². The first-order valence-corrected chi connectivity index (χ1v) is 4.79. The van der Waals surface area contributed by atoms with Gasteiger partial charge in [0.15, 0.2) is 0 Å². The average Bonchev–Trinajstić information content (AvgIpc) is 2.25. The predicted molar refractivity (Wildman–Crippen MR) is 45.6 cm³/mol. The zero-order chi connectivity index (χ0) is 9.14. The van der Waals surface area contributed by atoms with E-state index in [1.807, 2.05) is 0 Å². The fourth-order valence-electron chi connectivity index (χ4n) is 1.07. The highest BCUT2D eigenvalue weighted by Crippen LogP contribution is 2.24. The maximum absolute atomic E-state index is 11.1. The number of carbonyl (C=O) groups excluding carboxylic acids is 2. The van der Waals surface area contributed by atoms with Gasteiger partial charge in [0.1, 0.15) is 0 Å². The number of aliphatic hydroxyl groups excluding tert-OH is 1. The molecule has 68 valence electrons.